The summed E-state index contributed by atoms with van der Waals surface area (Å²) in [6.07, 6.45) is 9.67. The second kappa shape index (κ2) is 5.47. The average molecular weight is 277 g/mol. The molecule has 0 amide bonds. The van der Waals surface area contributed by atoms with E-state index in [1.54, 1.807) is 0 Å². The summed E-state index contributed by atoms with van der Waals surface area (Å²) in [6, 6.07) is 0. The van der Waals surface area contributed by atoms with Crippen LogP contribution >= 0.6 is 0 Å². The normalized spacial score (nSPS) is 23.0. The first-order valence-corrected chi connectivity index (χ1v) is 8.17. The summed E-state index contributed by atoms with van der Waals surface area (Å²) in [4.78, 5) is 0. The second-order valence-electron chi connectivity index (χ2n) is 6.98. The molecule has 0 aromatic carbocycles. The summed E-state index contributed by atoms with van der Waals surface area (Å²) < 4.78 is 8.24. The third-order valence-electron chi connectivity index (χ3n) is 4.89. The van der Waals surface area contributed by atoms with Crippen molar-refractivity contribution in [2.24, 2.45) is 5.41 Å². The summed E-state index contributed by atoms with van der Waals surface area (Å²) in [5.74, 6) is 2.20. The van der Waals surface area contributed by atoms with E-state index in [2.05, 4.69) is 35.5 Å². The van der Waals surface area contributed by atoms with Crippen LogP contribution in [0.5, 0.6) is 0 Å². The Balaban J connectivity index is 1.78. The Morgan fingerprint density at radius 1 is 1.05 bits per heavy atom. The van der Waals surface area contributed by atoms with E-state index in [1.165, 1.54) is 44.3 Å². The van der Waals surface area contributed by atoms with Gasteiger partial charge in [-0.2, -0.15) is 0 Å². The van der Waals surface area contributed by atoms with Crippen molar-refractivity contribution in [1.82, 2.24) is 14.8 Å². The smallest absolute Gasteiger partial charge is 0.161 e. The molecule has 1 spiro atoms. The van der Waals surface area contributed by atoms with Gasteiger partial charge in [0.05, 0.1) is 6.10 Å². The fourth-order valence-electron chi connectivity index (χ4n) is 3.96. The maximum atomic E-state index is 5.90. The van der Waals surface area contributed by atoms with Crippen LogP contribution in [0.1, 0.15) is 77.0 Å². The molecule has 4 nitrogen and oxygen atoms in total. The first-order valence-electron chi connectivity index (χ1n) is 8.17. The molecule has 0 saturated heterocycles. The Labute approximate surface area is 121 Å². The Hall–Kier alpha value is -0.900. The molecule has 0 N–H and O–H groups in total. The van der Waals surface area contributed by atoms with Crippen molar-refractivity contribution < 1.29 is 4.74 Å². The Kier molecular flexibility index (Phi) is 3.85. The molecule has 1 aromatic heterocycles. The SMILES string of the molecule is CC(C)OC(C)c1nnc2n1CC1(CCCCCC1)C2. The highest BCUT2D eigenvalue weighted by molar-refractivity contribution is 5.09. The van der Waals surface area contributed by atoms with Crippen LogP contribution in [-0.4, -0.2) is 20.9 Å². The molecule has 0 bridgehead atoms. The molecule has 4 heteroatoms. The summed E-state index contributed by atoms with van der Waals surface area (Å²) in [5.41, 5.74) is 0.466. The predicted octanol–water partition coefficient (Wildman–Crippen LogP) is 3.66. The van der Waals surface area contributed by atoms with Crippen LogP contribution in [0.25, 0.3) is 0 Å². The number of hydrogen-bond donors (Lipinski definition) is 0. The van der Waals surface area contributed by atoms with E-state index in [-0.39, 0.29) is 12.2 Å². The van der Waals surface area contributed by atoms with Crippen molar-refractivity contribution in [3.8, 4) is 0 Å². The minimum Gasteiger partial charge on any atom is -0.368 e. The molecule has 1 fully saturated rings. The molecule has 3 rings (SSSR count). The third-order valence-corrected chi connectivity index (χ3v) is 4.89. The van der Waals surface area contributed by atoms with Crippen LogP contribution in [0, 0.1) is 5.41 Å². The number of rotatable bonds is 3. The van der Waals surface area contributed by atoms with Crippen LogP contribution in [0.4, 0.5) is 0 Å². The van der Waals surface area contributed by atoms with Crippen LogP contribution in [0.3, 0.4) is 0 Å². The highest BCUT2D eigenvalue weighted by atomic mass is 16.5. The molecule has 1 aliphatic heterocycles. The molecular weight excluding hydrogens is 250 g/mol. The molecule has 1 saturated carbocycles. The fraction of sp³-hybridized carbons (Fsp3) is 0.875. The molecule has 1 aromatic rings. The van der Waals surface area contributed by atoms with Crippen LogP contribution < -0.4 is 0 Å². The second-order valence-corrected chi connectivity index (χ2v) is 6.98. The van der Waals surface area contributed by atoms with Crippen LogP contribution in [-0.2, 0) is 17.7 Å². The van der Waals surface area contributed by atoms with Crippen molar-refractivity contribution in [3.05, 3.63) is 11.6 Å². The Morgan fingerprint density at radius 3 is 2.40 bits per heavy atom. The summed E-state index contributed by atoms with van der Waals surface area (Å²) in [5, 5.41) is 8.82. The summed E-state index contributed by atoms with van der Waals surface area (Å²) >= 11 is 0. The van der Waals surface area contributed by atoms with Gasteiger partial charge in [-0.3, -0.25) is 0 Å². The van der Waals surface area contributed by atoms with Crippen molar-refractivity contribution in [3.63, 3.8) is 0 Å². The highest BCUT2D eigenvalue weighted by Gasteiger charge is 2.40. The van der Waals surface area contributed by atoms with E-state index < -0.39 is 0 Å². The zero-order chi connectivity index (χ0) is 14.2. The maximum absolute atomic E-state index is 5.90. The number of aromatic nitrogens is 3. The predicted molar refractivity (Wildman–Crippen MR) is 78.5 cm³/mol. The zero-order valence-electron chi connectivity index (χ0n) is 13.1. The summed E-state index contributed by atoms with van der Waals surface area (Å²) in [7, 11) is 0. The number of fused-ring (bicyclic) bond motifs is 1. The monoisotopic (exact) mass is 277 g/mol. The van der Waals surface area contributed by atoms with Gasteiger partial charge in [-0.1, -0.05) is 25.7 Å². The molecule has 2 aliphatic rings. The van der Waals surface area contributed by atoms with Gasteiger partial charge >= 0.3 is 0 Å². The Morgan fingerprint density at radius 2 is 1.75 bits per heavy atom. The third kappa shape index (κ3) is 2.62. The van der Waals surface area contributed by atoms with E-state index in [9.17, 15) is 0 Å². The molecule has 112 valence electrons. The standard InChI is InChI=1S/C16H27N3O/c1-12(2)20-13(3)15-18-17-14-10-16(11-19(14)15)8-6-4-5-7-9-16/h12-13H,4-11H2,1-3H3. The first-order chi connectivity index (χ1) is 9.60. The molecule has 0 radical (unpaired) electrons. The van der Waals surface area contributed by atoms with Crippen molar-refractivity contribution >= 4 is 0 Å². The average Bonchev–Trinajstić information content (AvgIpc) is 2.79. The van der Waals surface area contributed by atoms with Gasteiger partial charge in [0, 0.05) is 13.0 Å². The van der Waals surface area contributed by atoms with E-state index in [4.69, 9.17) is 4.74 Å². The van der Waals surface area contributed by atoms with Crippen LogP contribution in [0.15, 0.2) is 0 Å². The van der Waals surface area contributed by atoms with E-state index in [0.29, 0.717) is 5.41 Å². The van der Waals surface area contributed by atoms with Gasteiger partial charge in [0.15, 0.2) is 5.82 Å². The quantitative estimate of drug-likeness (QED) is 0.846. The topological polar surface area (TPSA) is 39.9 Å². The molecule has 1 unspecified atom stereocenters. The highest BCUT2D eigenvalue weighted by Crippen LogP contribution is 2.44. The lowest BCUT2D eigenvalue weighted by Crippen LogP contribution is -2.23. The van der Waals surface area contributed by atoms with Gasteiger partial charge in [0.1, 0.15) is 11.9 Å². The fourth-order valence-corrected chi connectivity index (χ4v) is 3.96. The lowest BCUT2D eigenvalue weighted by molar-refractivity contribution is 0.0101. The van der Waals surface area contributed by atoms with E-state index in [1.807, 2.05) is 0 Å². The largest absolute Gasteiger partial charge is 0.368 e. The summed E-state index contributed by atoms with van der Waals surface area (Å²) in [6.45, 7) is 7.35. The van der Waals surface area contributed by atoms with Gasteiger partial charge in [-0.15, -0.1) is 10.2 Å². The molecule has 20 heavy (non-hydrogen) atoms. The Bertz CT molecular complexity index is 458. The molecule has 1 atom stereocenters. The van der Waals surface area contributed by atoms with Crippen LogP contribution in [0.2, 0.25) is 0 Å². The van der Waals surface area contributed by atoms with Crippen molar-refractivity contribution in [2.45, 2.75) is 84.5 Å². The number of hydrogen-bond acceptors (Lipinski definition) is 3. The van der Waals surface area contributed by atoms with Gasteiger partial charge in [0.25, 0.3) is 0 Å². The lowest BCUT2D eigenvalue weighted by atomic mass is 9.79. The van der Waals surface area contributed by atoms with E-state index in [0.717, 1.165) is 18.8 Å². The zero-order valence-corrected chi connectivity index (χ0v) is 13.1. The molecule has 2 heterocycles. The van der Waals surface area contributed by atoms with E-state index >= 15 is 0 Å². The molecule has 1 aliphatic carbocycles. The maximum Gasteiger partial charge on any atom is 0.161 e. The van der Waals surface area contributed by atoms with Crippen molar-refractivity contribution in [2.75, 3.05) is 0 Å². The number of ether oxygens (including phenoxy) is 1. The minimum absolute atomic E-state index is 0.0391. The van der Waals surface area contributed by atoms with Gasteiger partial charge in [-0.05, 0) is 39.0 Å². The minimum atomic E-state index is 0.0391. The first kappa shape index (κ1) is 14.1. The number of nitrogens with zero attached hydrogens (tertiary/aromatic N) is 3. The van der Waals surface area contributed by atoms with Crippen molar-refractivity contribution in [1.29, 1.82) is 0 Å². The molecular formula is C16H27N3O. The lowest BCUT2D eigenvalue weighted by Gasteiger charge is -2.27. The van der Waals surface area contributed by atoms with Gasteiger partial charge in [0.2, 0.25) is 0 Å². The van der Waals surface area contributed by atoms with Gasteiger partial charge < -0.3 is 9.30 Å². The van der Waals surface area contributed by atoms with Gasteiger partial charge in [-0.25, -0.2) is 0 Å².